The van der Waals surface area contributed by atoms with Gasteiger partial charge in [0.15, 0.2) is 6.29 Å². The maximum Gasteiger partial charge on any atom is 0.232 e. The lowest BCUT2D eigenvalue weighted by molar-refractivity contribution is -0.294. The van der Waals surface area contributed by atoms with Gasteiger partial charge in [-0.15, -0.1) is 6.42 Å². The minimum absolute atomic E-state index is 0.0516. The second-order valence-electron chi connectivity index (χ2n) is 14.1. The van der Waals surface area contributed by atoms with E-state index >= 15 is 0 Å². The molecular weight excluding hydrogens is 859 g/mol. The fourth-order valence-electron chi connectivity index (χ4n) is 5.60. The summed E-state index contributed by atoms with van der Waals surface area (Å²) < 4.78 is 11.6. The fourth-order valence-corrected chi connectivity index (χ4v) is 7.87. The third kappa shape index (κ3) is 31.2. The molecule has 7 N–H and O–H groups in total. The molecular formula is C53H57NO9S2. The Labute approximate surface area is 395 Å². The number of unbranched alkanes of at least 4 members (excludes halogenated alkanes) is 11. The molecule has 65 heavy (non-hydrogen) atoms. The Hall–Kier alpha value is -5.43. The van der Waals surface area contributed by atoms with Gasteiger partial charge in [0.25, 0.3) is 0 Å². The van der Waals surface area contributed by atoms with Gasteiger partial charge in [0.1, 0.15) is 24.4 Å². The van der Waals surface area contributed by atoms with Gasteiger partial charge in [-0.2, -0.15) is 0 Å². The lowest BCUT2D eigenvalue weighted by atomic mass is 9.98. The molecule has 1 aliphatic rings. The van der Waals surface area contributed by atoms with E-state index in [2.05, 4.69) is 148 Å². The minimum atomic E-state index is -1.63. The van der Waals surface area contributed by atoms with E-state index in [1.807, 2.05) is 0 Å². The fraction of sp³-hybridized carbons (Fsp3) is 0.528. The van der Waals surface area contributed by atoms with E-state index in [1.54, 1.807) is 0 Å². The Morgan fingerprint density at radius 3 is 1.57 bits per heavy atom. The second kappa shape index (κ2) is 41.3. The van der Waals surface area contributed by atoms with Crippen LogP contribution in [0.1, 0.15) is 103 Å². The average molecular weight is 916 g/mol. The van der Waals surface area contributed by atoms with E-state index in [0.717, 1.165) is 19.3 Å². The highest BCUT2D eigenvalue weighted by Gasteiger charge is 2.44. The smallest absolute Gasteiger partial charge is 0.232 e. The molecule has 340 valence electrons. The Bertz CT molecular complexity index is 2210. The van der Waals surface area contributed by atoms with E-state index in [4.69, 9.17) is 21.0 Å². The zero-order valence-electron chi connectivity index (χ0n) is 36.9. The van der Waals surface area contributed by atoms with E-state index in [0.29, 0.717) is 25.0 Å². The summed E-state index contributed by atoms with van der Waals surface area (Å²) in [6.07, 6.45) is 9.81. The average Bonchev–Trinajstić information content (AvgIpc) is 3.30. The first-order valence-corrected chi connectivity index (χ1v) is 24.0. The van der Waals surface area contributed by atoms with Crippen molar-refractivity contribution < 1.29 is 44.9 Å². The third-order valence-electron chi connectivity index (χ3n) is 8.98. The van der Waals surface area contributed by atoms with E-state index in [-0.39, 0.29) is 18.8 Å². The van der Waals surface area contributed by atoms with Crippen LogP contribution >= 0.6 is 21.6 Å². The molecule has 1 fully saturated rings. The summed E-state index contributed by atoms with van der Waals surface area (Å²) >= 11 is 0. The number of terminal acetylenes is 1. The summed E-state index contributed by atoms with van der Waals surface area (Å²) in [6.45, 7) is 1.87. The summed E-state index contributed by atoms with van der Waals surface area (Å²) in [5.41, 5.74) is 0. The number of hydrogen-bond donors (Lipinski definition) is 7. The van der Waals surface area contributed by atoms with E-state index in [9.17, 15) is 30.3 Å². The maximum atomic E-state index is 12.9. The molecule has 0 aromatic carbocycles. The molecule has 0 aromatic heterocycles. The van der Waals surface area contributed by atoms with Crippen molar-refractivity contribution in [3.63, 3.8) is 0 Å². The van der Waals surface area contributed by atoms with Crippen molar-refractivity contribution in [3.8, 4) is 143 Å². The van der Waals surface area contributed by atoms with Crippen molar-refractivity contribution in [2.75, 3.05) is 24.7 Å². The minimum Gasteiger partial charge on any atom is -0.396 e. The predicted octanol–water partition coefficient (Wildman–Crippen LogP) is 2.93. The lowest BCUT2D eigenvalue weighted by Crippen LogP contribution is -2.60. The summed E-state index contributed by atoms with van der Waals surface area (Å²) in [5.74, 6) is 57.0. The van der Waals surface area contributed by atoms with Gasteiger partial charge in [-0.05, 0) is 108 Å². The van der Waals surface area contributed by atoms with Crippen LogP contribution in [0.25, 0.3) is 0 Å². The van der Waals surface area contributed by atoms with Crippen molar-refractivity contribution in [2.24, 2.45) is 0 Å². The molecule has 10 nitrogen and oxygen atoms in total. The molecule has 2 unspecified atom stereocenters. The van der Waals surface area contributed by atoms with Crippen LogP contribution in [0.4, 0.5) is 0 Å². The largest absolute Gasteiger partial charge is 0.396 e. The van der Waals surface area contributed by atoms with E-state index < -0.39 is 61.5 Å². The van der Waals surface area contributed by atoms with Crippen LogP contribution in [-0.4, -0.2) is 110 Å². The molecule has 12 heteroatoms. The highest BCUT2D eigenvalue weighted by atomic mass is 33.1. The molecule has 0 spiro atoms. The predicted molar refractivity (Wildman–Crippen MR) is 258 cm³/mol. The lowest BCUT2D eigenvalue weighted by Gasteiger charge is -2.40. The molecule has 1 saturated heterocycles. The number of aliphatic hydroxyl groups is 6. The van der Waals surface area contributed by atoms with Gasteiger partial charge in [0, 0.05) is 53.6 Å². The molecule has 8 atom stereocenters. The molecule has 1 heterocycles. The van der Waals surface area contributed by atoms with Crippen molar-refractivity contribution in [2.45, 2.75) is 152 Å². The number of hydrogen-bond acceptors (Lipinski definition) is 11. The standard InChI is InChI=1S/C53H57NO9S2/c1-3-5-7-9-11-13-15-17-18-19-20-21-22-23-24-25-26-27-29-31-33-35-37-40-48(57)54-45(49(58)46(56)39-36-34-32-30-28-16-14-12-10-8-6-4-2)43-62-53-52(61)51(60)50(59)47(63-53)44-65-64-42-38-41-55/h1,45-47,49-53,55-56,58-61H,4,6,8,10,12,14,16,28,30,32,34,36,38-44H2,2H3,(H,54,57)/t45-,46+,47?,49-,50-,51-,52?,53-/m0/s1. The number of rotatable bonds is 26. The first-order chi connectivity index (χ1) is 31.8. The second-order valence-corrected chi connectivity index (χ2v) is 16.7. The molecule has 1 aliphatic heterocycles. The van der Waals surface area contributed by atoms with Gasteiger partial charge < -0.3 is 45.4 Å². The Morgan fingerprint density at radius 2 is 1.09 bits per heavy atom. The molecule has 0 saturated carbocycles. The molecule has 0 aromatic rings. The highest BCUT2D eigenvalue weighted by Crippen LogP contribution is 2.30. The molecule has 1 amide bonds. The quantitative estimate of drug-likeness (QED) is 0.0388. The summed E-state index contributed by atoms with van der Waals surface area (Å²) in [7, 11) is 2.84. The van der Waals surface area contributed by atoms with Gasteiger partial charge in [0.2, 0.25) is 5.91 Å². The number of carbonyl (C=O) groups is 1. The molecule has 0 aliphatic carbocycles. The Morgan fingerprint density at radius 1 is 0.631 bits per heavy atom. The maximum absolute atomic E-state index is 12.9. The summed E-state index contributed by atoms with van der Waals surface area (Å²) in [6, 6.07) is -1.14. The van der Waals surface area contributed by atoms with Crippen LogP contribution < -0.4 is 5.32 Å². The van der Waals surface area contributed by atoms with E-state index in [1.165, 1.54) is 73.0 Å². The summed E-state index contributed by atoms with van der Waals surface area (Å²) in [5, 5.41) is 65.5. The number of nitrogens with one attached hydrogen (secondary N) is 1. The molecule has 0 radical (unpaired) electrons. The molecule has 0 bridgehead atoms. The SMILES string of the molecule is C#CC#CC#CC#CC#CC#CC#CC#CC#CC#CC#CC#CCC(=O)N[C@@H](CO[C@H]1OC(CSSCCCO)[C@H](O)[C@H](O)C1O)[C@H](O)[C@H](O)CCCCCCCCCCCCCC. The zero-order chi connectivity index (χ0) is 47.4. The van der Waals surface area contributed by atoms with Gasteiger partial charge in [-0.3, -0.25) is 4.79 Å². The molecule has 1 rings (SSSR count). The van der Waals surface area contributed by atoms with Gasteiger partial charge in [0.05, 0.1) is 31.3 Å². The zero-order valence-corrected chi connectivity index (χ0v) is 38.5. The van der Waals surface area contributed by atoms with Crippen LogP contribution in [0.3, 0.4) is 0 Å². The van der Waals surface area contributed by atoms with Crippen LogP contribution in [0.5, 0.6) is 0 Å². The third-order valence-corrected chi connectivity index (χ3v) is 11.5. The number of amides is 1. The Kier molecular flexibility index (Phi) is 36.6. The van der Waals surface area contributed by atoms with Crippen LogP contribution in [0, 0.1) is 143 Å². The van der Waals surface area contributed by atoms with Crippen molar-refractivity contribution in [1.82, 2.24) is 5.32 Å². The highest BCUT2D eigenvalue weighted by molar-refractivity contribution is 8.76. The topological polar surface area (TPSA) is 169 Å². The monoisotopic (exact) mass is 915 g/mol. The first-order valence-electron chi connectivity index (χ1n) is 21.5. The first kappa shape index (κ1) is 57.6. The van der Waals surface area contributed by atoms with Crippen LogP contribution in [-0.2, 0) is 14.3 Å². The van der Waals surface area contributed by atoms with Crippen LogP contribution in [0.2, 0.25) is 0 Å². The van der Waals surface area contributed by atoms with Gasteiger partial charge in [-0.25, -0.2) is 0 Å². The summed E-state index contributed by atoms with van der Waals surface area (Å²) in [4.78, 5) is 12.9. The van der Waals surface area contributed by atoms with Gasteiger partial charge >= 0.3 is 0 Å². The van der Waals surface area contributed by atoms with Crippen molar-refractivity contribution >= 4 is 27.5 Å². The number of aliphatic hydroxyl groups excluding tert-OH is 6. The van der Waals surface area contributed by atoms with Crippen LogP contribution in [0.15, 0.2) is 0 Å². The Balaban J connectivity index is 2.80. The van der Waals surface area contributed by atoms with Crippen molar-refractivity contribution in [1.29, 1.82) is 0 Å². The number of ether oxygens (including phenoxy) is 2. The normalized spacial score (nSPS) is 17.4. The van der Waals surface area contributed by atoms with Crippen molar-refractivity contribution in [3.05, 3.63) is 0 Å². The van der Waals surface area contributed by atoms with Gasteiger partial charge in [-0.1, -0.05) is 111 Å². The number of carbonyl (C=O) groups excluding carboxylic acids is 1.